The summed E-state index contributed by atoms with van der Waals surface area (Å²) in [4.78, 5) is 25.9. The molecule has 8 nitrogen and oxygen atoms in total. The molecule has 0 radical (unpaired) electrons. The van der Waals surface area contributed by atoms with Gasteiger partial charge in [0.05, 0.1) is 31.7 Å². The highest BCUT2D eigenvalue weighted by atomic mass is 19.2. The molecule has 2 aromatic carbocycles. The zero-order valence-electron chi connectivity index (χ0n) is 20.3. The zero-order valence-corrected chi connectivity index (χ0v) is 20.3. The Kier molecular flexibility index (Phi) is 8.35. The number of hydrogen-bond acceptors (Lipinski definition) is 5. The smallest absolute Gasteiger partial charge is 0.304 e. The molecular weight excluding hydrogens is 503 g/mol. The van der Waals surface area contributed by atoms with E-state index in [-0.39, 0.29) is 25.1 Å². The summed E-state index contributed by atoms with van der Waals surface area (Å²) in [7, 11) is 0. The van der Waals surface area contributed by atoms with Crippen LogP contribution in [0.5, 0.6) is 5.75 Å². The Bertz CT molecular complexity index is 1340. The van der Waals surface area contributed by atoms with E-state index in [9.17, 15) is 33.1 Å². The number of carboxylic acids is 1. The van der Waals surface area contributed by atoms with Gasteiger partial charge in [0.1, 0.15) is 5.75 Å². The summed E-state index contributed by atoms with van der Waals surface area (Å²) in [6.07, 6.45) is 1.72. The molecule has 0 saturated carbocycles. The van der Waals surface area contributed by atoms with Crippen molar-refractivity contribution in [3.8, 4) is 5.75 Å². The third-order valence-electron chi connectivity index (χ3n) is 6.28. The Morgan fingerprint density at radius 2 is 1.95 bits per heavy atom. The van der Waals surface area contributed by atoms with Gasteiger partial charge in [-0.2, -0.15) is 0 Å². The SMILES string of the molecule is O=C(O)C[C@@H]1Cc2ccc(OCCCNc3cccc[n+]3[O-])cc2CN(Cc2ccc(F)c(F)c2F)C1=O. The van der Waals surface area contributed by atoms with Crippen molar-refractivity contribution in [2.45, 2.75) is 32.4 Å². The molecule has 2 heterocycles. The number of carbonyl (C=O) groups is 2. The van der Waals surface area contributed by atoms with Gasteiger partial charge in [-0.25, -0.2) is 17.9 Å². The number of benzene rings is 2. The minimum atomic E-state index is -1.63. The van der Waals surface area contributed by atoms with Gasteiger partial charge in [0.25, 0.3) is 5.82 Å². The Labute approximate surface area is 216 Å². The highest BCUT2D eigenvalue weighted by Crippen LogP contribution is 2.30. The lowest BCUT2D eigenvalue weighted by Gasteiger charge is -2.24. The van der Waals surface area contributed by atoms with Crippen LogP contribution in [0.15, 0.2) is 54.7 Å². The van der Waals surface area contributed by atoms with Crippen molar-refractivity contribution < 1.29 is 37.3 Å². The molecule has 3 aromatic rings. The number of carboxylic acid groups (broad SMARTS) is 1. The summed E-state index contributed by atoms with van der Waals surface area (Å²) in [5.74, 6) is -5.98. The Balaban J connectivity index is 1.47. The van der Waals surface area contributed by atoms with Gasteiger partial charge in [-0.3, -0.25) is 14.9 Å². The van der Waals surface area contributed by atoms with E-state index in [0.717, 1.165) is 22.4 Å². The van der Waals surface area contributed by atoms with E-state index in [2.05, 4.69) is 5.32 Å². The molecule has 38 heavy (non-hydrogen) atoms. The third kappa shape index (κ3) is 6.34. The highest BCUT2D eigenvalue weighted by molar-refractivity contribution is 5.84. The summed E-state index contributed by atoms with van der Waals surface area (Å²) in [6.45, 7) is 0.490. The van der Waals surface area contributed by atoms with Crippen LogP contribution in [0, 0.1) is 28.6 Å². The maximum atomic E-state index is 14.4. The Morgan fingerprint density at radius 3 is 2.71 bits per heavy atom. The molecule has 0 aliphatic carbocycles. The Hall–Kier alpha value is -4.28. The molecule has 0 spiro atoms. The number of carbonyl (C=O) groups excluding carboxylic acids is 1. The van der Waals surface area contributed by atoms with Crippen LogP contribution >= 0.6 is 0 Å². The number of aromatic nitrogens is 1. The van der Waals surface area contributed by atoms with Gasteiger partial charge in [0.15, 0.2) is 17.5 Å². The van der Waals surface area contributed by atoms with Crippen LogP contribution in [-0.4, -0.2) is 35.0 Å². The van der Waals surface area contributed by atoms with Crippen molar-refractivity contribution in [3.63, 3.8) is 0 Å². The van der Waals surface area contributed by atoms with Gasteiger partial charge in [0.2, 0.25) is 5.91 Å². The molecule has 0 fully saturated rings. The van der Waals surface area contributed by atoms with E-state index in [1.165, 1.54) is 11.1 Å². The van der Waals surface area contributed by atoms with E-state index in [1.54, 1.807) is 36.4 Å². The molecule has 0 bridgehead atoms. The number of nitrogens with one attached hydrogen (secondary N) is 1. The molecule has 4 rings (SSSR count). The van der Waals surface area contributed by atoms with Crippen molar-refractivity contribution >= 4 is 17.7 Å². The van der Waals surface area contributed by atoms with Crippen LogP contribution < -0.4 is 14.8 Å². The second kappa shape index (κ2) is 11.8. The topological polar surface area (TPSA) is 106 Å². The van der Waals surface area contributed by atoms with Crippen LogP contribution in [0.2, 0.25) is 0 Å². The molecule has 2 N–H and O–H groups in total. The number of ether oxygens (including phenoxy) is 1. The van der Waals surface area contributed by atoms with Gasteiger partial charge in [-0.05, 0) is 41.8 Å². The minimum Gasteiger partial charge on any atom is -0.711 e. The predicted octanol–water partition coefficient (Wildman–Crippen LogP) is 3.79. The number of rotatable bonds is 10. The van der Waals surface area contributed by atoms with E-state index >= 15 is 0 Å². The Morgan fingerprint density at radius 1 is 1.13 bits per heavy atom. The fourth-order valence-corrected chi connectivity index (χ4v) is 4.37. The normalized spacial score (nSPS) is 15.1. The maximum absolute atomic E-state index is 14.4. The molecule has 11 heteroatoms. The van der Waals surface area contributed by atoms with Crippen molar-refractivity contribution in [1.82, 2.24) is 4.90 Å². The van der Waals surface area contributed by atoms with Crippen molar-refractivity contribution in [2.24, 2.45) is 5.92 Å². The first-order chi connectivity index (χ1) is 18.2. The molecule has 1 aromatic heterocycles. The second-order valence-corrected chi connectivity index (χ2v) is 9.00. The van der Waals surface area contributed by atoms with Crippen LogP contribution in [0.4, 0.5) is 19.0 Å². The summed E-state index contributed by atoms with van der Waals surface area (Å²) in [5, 5.41) is 24.0. The maximum Gasteiger partial charge on any atom is 0.304 e. The number of fused-ring (bicyclic) bond motifs is 1. The van der Waals surface area contributed by atoms with Crippen LogP contribution in [-0.2, 0) is 29.1 Å². The van der Waals surface area contributed by atoms with Crippen LogP contribution in [0.3, 0.4) is 0 Å². The van der Waals surface area contributed by atoms with Crippen molar-refractivity contribution in [1.29, 1.82) is 0 Å². The summed E-state index contributed by atoms with van der Waals surface area (Å²) in [5.41, 5.74) is 1.21. The molecule has 1 aliphatic rings. The van der Waals surface area contributed by atoms with E-state index < -0.39 is 41.7 Å². The molecule has 1 amide bonds. The number of anilines is 1. The number of aliphatic carboxylic acids is 1. The van der Waals surface area contributed by atoms with Gasteiger partial charge in [-0.15, -0.1) is 0 Å². The molecule has 1 atom stereocenters. The van der Waals surface area contributed by atoms with Gasteiger partial charge in [-0.1, -0.05) is 18.2 Å². The molecule has 0 unspecified atom stereocenters. The minimum absolute atomic E-state index is 0.0129. The number of amides is 1. The summed E-state index contributed by atoms with van der Waals surface area (Å²) in [6, 6.07) is 12.1. The number of halogens is 3. The van der Waals surface area contributed by atoms with Gasteiger partial charge in [0, 0.05) is 31.1 Å². The first-order valence-electron chi connectivity index (χ1n) is 12.0. The molecule has 200 valence electrons. The zero-order chi connectivity index (χ0) is 27.2. The predicted molar refractivity (Wildman–Crippen MR) is 130 cm³/mol. The quantitative estimate of drug-likeness (QED) is 0.179. The fourth-order valence-electron chi connectivity index (χ4n) is 4.37. The molecular formula is C27H26F3N3O5. The lowest BCUT2D eigenvalue weighted by molar-refractivity contribution is -0.590. The van der Waals surface area contributed by atoms with Crippen molar-refractivity contribution in [3.05, 3.63) is 94.1 Å². The largest absolute Gasteiger partial charge is 0.711 e. The second-order valence-electron chi connectivity index (χ2n) is 9.00. The molecule has 1 aliphatic heterocycles. The number of pyridine rings is 1. The average Bonchev–Trinajstić information content (AvgIpc) is 3.01. The monoisotopic (exact) mass is 529 g/mol. The van der Waals surface area contributed by atoms with E-state index in [4.69, 9.17) is 4.74 Å². The summed E-state index contributed by atoms with van der Waals surface area (Å²) >= 11 is 0. The first kappa shape index (κ1) is 26.8. The van der Waals surface area contributed by atoms with E-state index in [0.29, 0.717) is 36.7 Å². The lowest BCUT2D eigenvalue weighted by Crippen LogP contribution is -2.35. The lowest BCUT2D eigenvalue weighted by atomic mass is 9.94. The molecule has 0 saturated heterocycles. The standard InChI is InChI=1S/C27H26F3N3O5/c28-22-8-6-18(25(29)26(22)30)15-32-16-20-13-21(7-5-17(20)12-19(27(32)36)14-24(34)35)38-11-3-9-31-23-4-1-2-10-33(23)37/h1-2,4-8,10,13,19,31H,3,9,11-12,14-16H2,(H,34,35)/t19-/m0/s1. The van der Waals surface area contributed by atoms with Gasteiger partial charge >= 0.3 is 5.97 Å². The van der Waals surface area contributed by atoms with Crippen LogP contribution in [0.25, 0.3) is 0 Å². The van der Waals surface area contributed by atoms with Gasteiger partial charge < -0.3 is 20.0 Å². The number of nitrogens with zero attached hydrogens (tertiary/aromatic N) is 2. The van der Waals surface area contributed by atoms with Crippen LogP contribution in [0.1, 0.15) is 29.5 Å². The third-order valence-corrected chi connectivity index (χ3v) is 6.28. The fraction of sp³-hybridized carbons (Fsp3) is 0.296. The number of hydrogen-bond donors (Lipinski definition) is 2. The highest BCUT2D eigenvalue weighted by Gasteiger charge is 2.32. The summed E-state index contributed by atoms with van der Waals surface area (Å²) < 4.78 is 48.1. The first-order valence-corrected chi connectivity index (χ1v) is 12.0. The average molecular weight is 530 g/mol. The van der Waals surface area contributed by atoms with E-state index in [1.807, 2.05) is 0 Å². The van der Waals surface area contributed by atoms with Crippen molar-refractivity contribution in [2.75, 3.05) is 18.5 Å².